The third-order valence-electron chi connectivity index (χ3n) is 5.98. The Kier molecular flexibility index (Phi) is 7.13. The Bertz CT molecular complexity index is 1430. The fourth-order valence-corrected chi connectivity index (χ4v) is 5.54. The van der Waals surface area contributed by atoms with E-state index in [0.29, 0.717) is 29.9 Å². The van der Waals surface area contributed by atoms with Gasteiger partial charge in [0.05, 0.1) is 15.9 Å². The maximum atomic E-state index is 13.6. The van der Waals surface area contributed by atoms with Crippen molar-refractivity contribution in [3.05, 3.63) is 59.7 Å². The second kappa shape index (κ2) is 10.1. The van der Waals surface area contributed by atoms with Gasteiger partial charge in [0.2, 0.25) is 10.0 Å². The molecule has 0 atom stereocenters. The first-order valence-electron chi connectivity index (χ1n) is 11.6. The summed E-state index contributed by atoms with van der Waals surface area (Å²) in [5, 5.41) is 1.00. The normalized spacial score (nSPS) is 12.1. The van der Waals surface area contributed by atoms with Gasteiger partial charge in [-0.1, -0.05) is 37.6 Å². The average Bonchev–Trinajstić information content (AvgIpc) is 3.18. The number of nitrogen functional groups attached to an aromatic ring is 1. The molecule has 0 fully saturated rings. The highest BCUT2D eigenvalue weighted by atomic mass is 32.2. The molecule has 0 aliphatic carbocycles. The lowest BCUT2D eigenvalue weighted by molar-refractivity contribution is 0.559. The molecule has 3 N–H and O–H groups in total. The molecule has 0 amide bonds. The highest BCUT2D eigenvalue weighted by Gasteiger charge is 2.18. The molecule has 0 radical (unpaired) electrons. The molecule has 0 aliphatic heterocycles. The van der Waals surface area contributed by atoms with Crippen molar-refractivity contribution < 1.29 is 12.8 Å². The van der Waals surface area contributed by atoms with Gasteiger partial charge in [0.25, 0.3) is 0 Å². The smallest absolute Gasteiger partial charge is 0.240 e. The summed E-state index contributed by atoms with van der Waals surface area (Å²) in [4.78, 5) is 9.32. The number of nitrogens with zero attached hydrogens (tertiary/aromatic N) is 3. The number of anilines is 1. The topological polar surface area (TPSA) is 103 Å². The quantitative estimate of drug-likeness (QED) is 0.318. The number of imidazole rings is 1. The highest BCUT2D eigenvalue weighted by molar-refractivity contribution is 7.89. The minimum absolute atomic E-state index is 0.0237. The van der Waals surface area contributed by atoms with Crippen LogP contribution >= 0.6 is 0 Å². The van der Waals surface area contributed by atoms with Gasteiger partial charge in [-0.3, -0.25) is 0 Å². The van der Waals surface area contributed by atoms with E-state index in [1.807, 2.05) is 24.3 Å². The number of aryl methyl sites for hydroxylation is 3. The fourth-order valence-electron chi connectivity index (χ4n) is 4.21. The van der Waals surface area contributed by atoms with E-state index in [-0.39, 0.29) is 11.4 Å². The average molecular weight is 484 g/mol. The van der Waals surface area contributed by atoms with E-state index in [1.54, 1.807) is 6.92 Å². The van der Waals surface area contributed by atoms with Crippen LogP contribution in [0.1, 0.15) is 44.0 Å². The number of para-hydroxylation sites is 1. The van der Waals surface area contributed by atoms with Gasteiger partial charge in [0.1, 0.15) is 17.2 Å². The Morgan fingerprint density at radius 1 is 1.09 bits per heavy atom. The van der Waals surface area contributed by atoms with Crippen LogP contribution in [0.5, 0.6) is 0 Å². The molecular formula is C25H30FN5O2S. The molecule has 0 aliphatic rings. The van der Waals surface area contributed by atoms with Crippen LogP contribution < -0.4 is 10.5 Å². The van der Waals surface area contributed by atoms with Gasteiger partial charge in [-0.25, -0.2) is 27.5 Å². The summed E-state index contributed by atoms with van der Waals surface area (Å²) in [6, 6.07) is 11.7. The number of hydrogen-bond donors (Lipinski definition) is 2. The van der Waals surface area contributed by atoms with Crippen molar-refractivity contribution in [2.45, 2.75) is 57.4 Å². The minimum atomic E-state index is -3.77. The lowest BCUT2D eigenvalue weighted by Gasteiger charge is -2.12. The maximum Gasteiger partial charge on any atom is 0.240 e. The van der Waals surface area contributed by atoms with Crippen molar-refractivity contribution in [2.24, 2.45) is 0 Å². The van der Waals surface area contributed by atoms with Gasteiger partial charge in [0, 0.05) is 24.9 Å². The Balaban J connectivity index is 1.52. The monoisotopic (exact) mass is 483 g/mol. The van der Waals surface area contributed by atoms with Crippen molar-refractivity contribution in [3.8, 4) is 0 Å². The number of unbranched alkanes of at least 4 members (excludes halogenated alkanes) is 2. The second-order valence-corrected chi connectivity index (χ2v) is 10.2. The van der Waals surface area contributed by atoms with Crippen LogP contribution in [-0.2, 0) is 23.0 Å². The van der Waals surface area contributed by atoms with E-state index in [4.69, 9.17) is 10.7 Å². The van der Waals surface area contributed by atoms with Gasteiger partial charge in [-0.05, 0) is 49.9 Å². The van der Waals surface area contributed by atoms with Crippen molar-refractivity contribution in [1.29, 1.82) is 0 Å². The summed E-state index contributed by atoms with van der Waals surface area (Å²) < 4.78 is 43.6. The van der Waals surface area contributed by atoms with E-state index in [1.165, 1.54) is 12.1 Å². The van der Waals surface area contributed by atoms with E-state index in [2.05, 4.69) is 21.2 Å². The summed E-state index contributed by atoms with van der Waals surface area (Å²) in [6.07, 6.45) is 4.27. The minimum Gasteiger partial charge on any atom is -0.382 e. The standard InChI is InChI=1S/C25H30FN5O2S/c1-3-4-11-22-30-23-24(19-9-5-6-10-20(19)29-25(23)27)31(22)15-8-7-14-28-34(32,33)21-16-18(26)13-12-17(21)2/h5-6,9-10,12-13,16,28H,3-4,7-8,11,14-15H2,1-2H3,(H2,27,29). The fraction of sp³-hybridized carbons (Fsp3) is 0.360. The Hall–Kier alpha value is -3.04. The Morgan fingerprint density at radius 3 is 2.68 bits per heavy atom. The van der Waals surface area contributed by atoms with Crippen LogP contribution in [0.2, 0.25) is 0 Å². The van der Waals surface area contributed by atoms with E-state index >= 15 is 0 Å². The lowest BCUT2D eigenvalue weighted by atomic mass is 10.2. The van der Waals surface area contributed by atoms with Crippen LogP contribution in [0.4, 0.5) is 10.2 Å². The molecule has 9 heteroatoms. The van der Waals surface area contributed by atoms with Crippen LogP contribution in [0.25, 0.3) is 21.9 Å². The van der Waals surface area contributed by atoms with Gasteiger partial charge in [0.15, 0.2) is 5.82 Å². The third-order valence-corrected chi connectivity index (χ3v) is 7.59. The SMILES string of the molecule is CCCCc1nc2c(N)nc3ccccc3c2n1CCCCNS(=O)(=O)c1cc(F)ccc1C. The zero-order valence-electron chi connectivity index (χ0n) is 19.5. The van der Waals surface area contributed by atoms with Crippen LogP contribution in [-0.4, -0.2) is 29.5 Å². The predicted octanol–water partition coefficient (Wildman–Crippen LogP) is 4.72. The summed E-state index contributed by atoms with van der Waals surface area (Å²) in [5.41, 5.74) is 9.28. The Morgan fingerprint density at radius 2 is 1.88 bits per heavy atom. The first-order valence-corrected chi connectivity index (χ1v) is 13.1. The van der Waals surface area contributed by atoms with Crippen LogP contribution in [0, 0.1) is 12.7 Å². The highest BCUT2D eigenvalue weighted by Crippen LogP contribution is 2.29. The predicted molar refractivity (Wildman–Crippen MR) is 134 cm³/mol. The first kappa shape index (κ1) is 24.1. The number of fused-ring (bicyclic) bond motifs is 3. The largest absolute Gasteiger partial charge is 0.382 e. The van der Waals surface area contributed by atoms with Gasteiger partial charge >= 0.3 is 0 Å². The molecule has 4 aromatic rings. The lowest BCUT2D eigenvalue weighted by Crippen LogP contribution is -2.25. The van der Waals surface area contributed by atoms with Crippen molar-refractivity contribution in [3.63, 3.8) is 0 Å². The molecule has 4 rings (SSSR count). The van der Waals surface area contributed by atoms with Crippen LogP contribution in [0.3, 0.4) is 0 Å². The number of hydrogen-bond acceptors (Lipinski definition) is 5. The molecular weight excluding hydrogens is 453 g/mol. The molecule has 34 heavy (non-hydrogen) atoms. The molecule has 0 saturated carbocycles. The number of sulfonamides is 1. The number of halogens is 1. The number of aromatic nitrogens is 3. The zero-order valence-corrected chi connectivity index (χ0v) is 20.3. The van der Waals surface area contributed by atoms with Crippen LogP contribution in [0.15, 0.2) is 47.4 Å². The van der Waals surface area contributed by atoms with Crippen molar-refractivity contribution >= 4 is 37.8 Å². The summed E-state index contributed by atoms with van der Waals surface area (Å²) in [5.74, 6) is 0.819. The molecule has 2 aromatic carbocycles. The molecule has 0 bridgehead atoms. The zero-order chi connectivity index (χ0) is 24.3. The number of benzene rings is 2. The van der Waals surface area contributed by atoms with Crippen molar-refractivity contribution in [2.75, 3.05) is 12.3 Å². The first-order chi connectivity index (χ1) is 16.3. The molecule has 0 saturated heterocycles. The Labute approximate surface area is 199 Å². The molecule has 7 nitrogen and oxygen atoms in total. The molecule has 0 spiro atoms. The van der Waals surface area contributed by atoms with Gasteiger partial charge in [-0.15, -0.1) is 0 Å². The number of nitrogens with two attached hydrogens (primary N) is 1. The summed E-state index contributed by atoms with van der Waals surface area (Å²) in [6.45, 7) is 4.75. The van der Waals surface area contributed by atoms with Gasteiger partial charge in [-0.2, -0.15) is 0 Å². The molecule has 2 heterocycles. The molecule has 180 valence electrons. The third kappa shape index (κ3) is 4.90. The van der Waals surface area contributed by atoms with E-state index in [0.717, 1.165) is 54.0 Å². The maximum absolute atomic E-state index is 13.6. The summed E-state index contributed by atoms with van der Waals surface area (Å²) in [7, 11) is -3.77. The molecule has 0 unspecified atom stereocenters. The number of pyridine rings is 1. The number of rotatable bonds is 10. The number of nitrogens with one attached hydrogen (secondary N) is 1. The van der Waals surface area contributed by atoms with Crippen molar-refractivity contribution in [1.82, 2.24) is 19.3 Å². The second-order valence-electron chi connectivity index (χ2n) is 8.51. The van der Waals surface area contributed by atoms with Gasteiger partial charge < -0.3 is 10.3 Å². The van der Waals surface area contributed by atoms with E-state index in [9.17, 15) is 12.8 Å². The van der Waals surface area contributed by atoms with E-state index < -0.39 is 15.8 Å². The molecule has 2 aromatic heterocycles. The summed E-state index contributed by atoms with van der Waals surface area (Å²) >= 11 is 0.